The summed E-state index contributed by atoms with van der Waals surface area (Å²) in [5.74, 6) is -0.164. The molecule has 208 valence electrons. The van der Waals surface area contributed by atoms with Crippen LogP contribution in [-0.4, -0.2) is 28.0 Å². The van der Waals surface area contributed by atoms with Gasteiger partial charge >= 0.3 is 11.9 Å². The average molecular weight is 574 g/mol. The van der Waals surface area contributed by atoms with Gasteiger partial charge in [-0.05, 0) is 49.7 Å². The first-order valence-corrected chi connectivity index (χ1v) is 13.3. The minimum absolute atomic E-state index is 0.102. The van der Waals surface area contributed by atoms with Gasteiger partial charge in [-0.2, -0.15) is 0 Å². The van der Waals surface area contributed by atoms with Crippen molar-refractivity contribution in [3.05, 3.63) is 113 Å². The number of ether oxygens (including phenoxy) is 2. The summed E-state index contributed by atoms with van der Waals surface area (Å²) in [6.45, 7) is 4.79. The maximum absolute atomic E-state index is 13.8. The molecule has 11 nitrogen and oxygen atoms in total. The number of carbonyl (C=O) groups is 2. The number of hydrogen-bond acceptors (Lipinski definition) is 10. The molecule has 1 atom stereocenters. The highest BCUT2D eigenvalue weighted by atomic mass is 32.1. The molecule has 0 amide bonds. The van der Waals surface area contributed by atoms with Crippen LogP contribution in [0.15, 0.2) is 86.1 Å². The van der Waals surface area contributed by atoms with Crippen LogP contribution in [0.2, 0.25) is 0 Å². The molecule has 0 unspecified atom stereocenters. The zero-order valence-corrected chi connectivity index (χ0v) is 23.0. The number of nitro groups is 1. The number of thiazole rings is 1. The molecule has 3 heterocycles. The third kappa shape index (κ3) is 5.37. The molecule has 1 aliphatic heterocycles. The molecule has 2 aromatic heterocycles. The Labute approximate surface area is 236 Å². The largest absolute Gasteiger partial charge is 0.463 e. The Hall–Kier alpha value is -5.10. The quantitative estimate of drug-likeness (QED) is 0.140. The Morgan fingerprint density at radius 2 is 1.88 bits per heavy atom. The van der Waals surface area contributed by atoms with Gasteiger partial charge in [-0.1, -0.05) is 35.6 Å². The highest BCUT2D eigenvalue weighted by molar-refractivity contribution is 7.07. The summed E-state index contributed by atoms with van der Waals surface area (Å²) in [7, 11) is 0. The van der Waals surface area contributed by atoms with E-state index in [-0.39, 0.29) is 28.2 Å². The molecule has 0 radical (unpaired) electrons. The van der Waals surface area contributed by atoms with E-state index in [1.165, 1.54) is 23.6 Å². The second kappa shape index (κ2) is 11.2. The number of allylic oxidation sites excluding steroid dienone is 1. The zero-order valence-electron chi connectivity index (χ0n) is 22.2. The molecule has 2 aromatic carbocycles. The normalized spacial score (nSPS) is 14.8. The van der Waals surface area contributed by atoms with Crippen molar-refractivity contribution in [1.29, 1.82) is 0 Å². The molecule has 0 bridgehead atoms. The summed E-state index contributed by atoms with van der Waals surface area (Å²) in [5.41, 5.74) is 0.994. The summed E-state index contributed by atoms with van der Waals surface area (Å²) in [6.07, 6.45) is 1.53. The highest BCUT2D eigenvalue weighted by Gasteiger charge is 2.33. The Morgan fingerprint density at radius 1 is 1.15 bits per heavy atom. The molecule has 0 spiro atoms. The van der Waals surface area contributed by atoms with Gasteiger partial charge in [0, 0.05) is 19.1 Å². The molecule has 1 aliphatic rings. The number of nitrogens with zero attached hydrogens (tertiary/aromatic N) is 3. The second-order valence-electron chi connectivity index (χ2n) is 8.94. The van der Waals surface area contributed by atoms with Crippen molar-refractivity contribution in [2.24, 2.45) is 4.99 Å². The standard InChI is InChI=1S/C29H23N3O8S/c1-4-38-28(35)25-16(2)30-29-31(26(25)18-9-11-19(12-10-18)39-17(3)33)27(34)24(41-29)15-20-13-14-23(40-20)21-7-5-6-8-22(21)32(36)37/h5-15,26H,4H2,1-3H3/b24-15-/t26-/m1/s1. The Bertz CT molecular complexity index is 1900. The van der Waals surface area contributed by atoms with Crippen molar-refractivity contribution in [3.63, 3.8) is 0 Å². The van der Waals surface area contributed by atoms with Crippen molar-refractivity contribution in [1.82, 2.24) is 4.57 Å². The van der Waals surface area contributed by atoms with Gasteiger partial charge in [-0.25, -0.2) is 9.79 Å². The molecule has 41 heavy (non-hydrogen) atoms. The minimum Gasteiger partial charge on any atom is -0.463 e. The van der Waals surface area contributed by atoms with Crippen LogP contribution in [0.1, 0.15) is 38.1 Å². The molecule has 0 aliphatic carbocycles. The van der Waals surface area contributed by atoms with Crippen molar-refractivity contribution in [3.8, 4) is 17.1 Å². The van der Waals surface area contributed by atoms with Crippen LogP contribution < -0.4 is 19.6 Å². The summed E-state index contributed by atoms with van der Waals surface area (Å²) < 4.78 is 18.0. The first kappa shape index (κ1) is 27.5. The number of para-hydroxylation sites is 1. The lowest BCUT2D eigenvalue weighted by Gasteiger charge is -2.24. The van der Waals surface area contributed by atoms with Gasteiger partial charge in [0.2, 0.25) is 0 Å². The van der Waals surface area contributed by atoms with Gasteiger partial charge in [-0.15, -0.1) is 0 Å². The lowest BCUT2D eigenvalue weighted by molar-refractivity contribution is -0.384. The summed E-state index contributed by atoms with van der Waals surface area (Å²) in [4.78, 5) is 54.0. The van der Waals surface area contributed by atoms with Crippen LogP contribution in [0.3, 0.4) is 0 Å². The maximum Gasteiger partial charge on any atom is 0.338 e. The van der Waals surface area contributed by atoms with E-state index in [1.54, 1.807) is 68.4 Å². The van der Waals surface area contributed by atoms with E-state index >= 15 is 0 Å². The Balaban J connectivity index is 1.62. The third-order valence-corrected chi connectivity index (χ3v) is 7.22. The van der Waals surface area contributed by atoms with Crippen molar-refractivity contribution >= 4 is 35.0 Å². The van der Waals surface area contributed by atoms with Crippen LogP contribution in [0.25, 0.3) is 17.4 Å². The second-order valence-corrected chi connectivity index (χ2v) is 9.95. The predicted octanol–water partition coefficient (Wildman–Crippen LogP) is 3.89. The molecule has 0 N–H and O–H groups in total. The topological polar surface area (TPSA) is 143 Å². The fraction of sp³-hybridized carbons (Fsp3) is 0.172. The zero-order chi connectivity index (χ0) is 29.3. The van der Waals surface area contributed by atoms with E-state index in [2.05, 4.69) is 4.99 Å². The van der Waals surface area contributed by atoms with Crippen LogP contribution in [0.4, 0.5) is 5.69 Å². The van der Waals surface area contributed by atoms with E-state index in [4.69, 9.17) is 13.9 Å². The maximum atomic E-state index is 13.8. The van der Waals surface area contributed by atoms with E-state index < -0.39 is 28.5 Å². The number of esters is 2. The van der Waals surface area contributed by atoms with E-state index in [0.29, 0.717) is 33.1 Å². The number of fused-ring (bicyclic) bond motifs is 1. The van der Waals surface area contributed by atoms with Gasteiger partial charge in [0.15, 0.2) is 4.80 Å². The van der Waals surface area contributed by atoms with Gasteiger partial charge in [0.1, 0.15) is 17.3 Å². The van der Waals surface area contributed by atoms with Crippen LogP contribution in [0, 0.1) is 10.1 Å². The molecule has 12 heteroatoms. The molecular weight excluding hydrogens is 550 g/mol. The number of rotatable bonds is 7. The van der Waals surface area contributed by atoms with Crippen LogP contribution >= 0.6 is 11.3 Å². The third-order valence-electron chi connectivity index (χ3n) is 6.24. The molecule has 4 aromatic rings. The van der Waals surface area contributed by atoms with Crippen LogP contribution in [0.5, 0.6) is 5.75 Å². The van der Waals surface area contributed by atoms with Crippen molar-refractivity contribution < 1.29 is 28.4 Å². The van der Waals surface area contributed by atoms with E-state index in [0.717, 1.165) is 11.3 Å². The monoisotopic (exact) mass is 573 g/mol. The molecule has 0 saturated carbocycles. The number of carbonyl (C=O) groups excluding carboxylic acids is 2. The lowest BCUT2D eigenvalue weighted by Crippen LogP contribution is -2.39. The van der Waals surface area contributed by atoms with Gasteiger partial charge in [0.25, 0.3) is 11.2 Å². The number of hydrogen-bond donors (Lipinski definition) is 0. The minimum atomic E-state index is -0.849. The number of nitro benzene ring substituents is 1. The van der Waals surface area contributed by atoms with Crippen molar-refractivity contribution in [2.75, 3.05) is 6.61 Å². The fourth-order valence-electron chi connectivity index (χ4n) is 4.54. The summed E-state index contributed by atoms with van der Waals surface area (Å²) >= 11 is 1.12. The van der Waals surface area contributed by atoms with E-state index in [9.17, 15) is 24.5 Å². The predicted molar refractivity (Wildman–Crippen MR) is 149 cm³/mol. The van der Waals surface area contributed by atoms with E-state index in [1.807, 2.05) is 0 Å². The van der Waals surface area contributed by atoms with Gasteiger partial charge < -0.3 is 13.9 Å². The molecule has 5 rings (SSSR count). The summed E-state index contributed by atoms with van der Waals surface area (Å²) in [5, 5.41) is 11.4. The fourth-order valence-corrected chi connectivity index (χ4v) is 5.56. The Kier molecular flexibility index (Phi) is 7.49. The molecule has 0 fully saturated rings. The lowest BCUT2D eigenvalue weighted by atomic mass is 9.96. The number of benzene rings is 2. The van der Waals surface area contributed by atoms with Gasteiger partial charge in [-0.3, -0.25) is 24.3 Å². The number of aromatic nitrogens is 1. The SMILES string of the molecule is CCOC(=O)C1=C(C)N=c2s/c(=C\c3ccc(-c4ccccc4[N+](=O)[O-])o3)c(=O)n2[C@@H]1c1ccc(OC(C)=O)cc1. The first-order chi connectivity index (χ1) is 19.7. The highest BCUT2D eigenvalue weighted by Crippen LogP contribution is 2.33. The molecular formula is C29H23N3O8S. The molecule has 0 saturated heterocycles. The Morgan fingerprint density at radius 3 is 2.56 bits per heavy atom. The average Bonchev–Trinajstić information content (AvgIpc) is 3.52. The van der Waals surface area contributed by atoms with Gasteiger partial charge in [0.05, 0.1) is 38.9 Å². The first-order valence-electron chi connectivity index (χ1n) is 12.5. The van der Waals surface area contributed by atoms with Crippen molar-refractivity contribution in [2.45, 2.75) is 26.8 Å². The van der Waals surface area contributed by atoms with Crippen LogP contribution in [-0.2, 0) is 14.3 Å². The summed E-state index contributed by atoms with van der Waals surface area (Å²) in [6, 6.07) is 15.1. The number of furan rings is 1. The smallest absolute Gasteiger partial charge is 0.338 e.